The van der Waals surface area contributed by atoms with Gasteiger partial charge in [-0.3, -0.25) is 0 Å². The molecule has 0 radical (unpaired) electrons. The number of hydrogen-bond donors (Lipinski definition) is 4. The molecule has 6 aromatic rings. The lowest BCUT2D eigenvalue weighted by atomic mass is 9.84. The molecule has 0 unspecified atom stereocenters. The molecule has 10 heteroatoms. The van der Waals surface area contributed by atoms with Crippen LogP contribution in [0, 0.1) is 5.92 Å². The molecule has 0 bridgehead atoms. The van der Waals surface area contributed by atoms with Gasteiger partial charge in [-0.1, -0.05) is 122 Å². The summed E-state index contributed by atoms with van der Waals surface area (Å²) in [6.45, 7) is 4.64. The number of amides is 2. The van der Waals surface area contributed by atoms with Gasteiger partial charge in [-0.05, 0) is 94.8 Å². The van der Waals surface area contributed by atoms with Crippen LogP contribution >= 0.6 is 11.6 Å². The highest BCUT2D eigenvalue weighted by molar-refractivity contribution is 6.30. The van der Waals surface area contributed by atoms with Gasteiger partial charge in [0.2, 0.25) is 0 Å². The van der Waals surface area contributed by atoms with Crippen molar-refractivity contribution in [2.45, 2.75) is 57.0 Å². The molecule has 0 saturated carbocycles. The van der Waals surface area contributed by atoms with E-state index in [2.05, 4.69) is 40.7 Å². The van der Waals surface area contributed by atoms with E-state index < -0.39 is 11.9 Å². The first kappa shape index (κ1) is 41.2. The fraction of sp³-hybridized carbons (Fsp3) is 0.260. The maximum absolute atomic E-state index is 13.0. The normalized spacial score (nSPS) is 20.3. The van der Waals surface area contributed by atoms with Crippen molar-refractivity contribution in [2.75, 3.05) is 25.0 Å². The molecule has 0 spiro atoms. The first-order chi connectivity index (χ1) is 29.2. The molecule has 2 saturated heterocycles. The van der Waals surface area contributed by atoms with Crippen LogP contribution in [0.15, 0.2) is 152 Å². The third-order valence-electron chi connectivity index (χ3n) is 11.7. The summed E-state index contributed by atoms with van der Waals surface area (Å²) >= 11 is 6.13. The van der Waals surface area contributed by atoms with Crippen molar-refractivity contribution in [2.24, 2.45) is 5.92 Å². The average Bonchev–Trinajstić information content (AvgIpc) is 3.28. The molecule has 2 fully saturated rings. The molecule has 2 heterocycles. The van der Waals surface area contributed by atoms with Crippen molar-refractivity contribution >= 4 is 23.3 Å². The van der Waals surface area contributed by atoms with Gasteiger partial charge < -0.3 is 40.0 Å². The maximum Gasteiger partial charge on any atom is 0.319 e. The summed E-state index contributed by atoms with van der Waals surface area (Å²) in [5, 5.41) is 27.8. The molecule has 9 nitrogen and oxygen atoms in total. The molecule has 4 N–H and O–H groups in total. The highest BCUT2D eigenvalue weighted by atomic mass is 35.5. The van der Waals surface area contributed by atoms with E-state index in [1.165, 1.54) is 0 Å². The standard InChI is InChI=1S/C50H50ClN3O6/c1-34-46(32-54-29-27-50(57,28-30-54)40-19-21-41(51)22-20-40)59-48(60-47(34)37-13-11-35(33-55)12-14-37)38-17-15-36(16-18-38)45-10-6-5-7-39(45)31-52-49(56)53-42-23-25-44(26-24-42)58-43-8-3-2-4-9-43/h2-26,34,46-48,55,57H,27-33H2,1H3,(H2,52,53,56)/t34-,46+,47+,48+/m1/s1. The van der Waals surface area contributed by atoms with Crippen molar-refractivity contribution in [1.29, 1.82) is 0 Å². The Morgan fingerprint density at radius 2 is 1.43 bits per heavy atom. The first-order valence-corrected chi connectivity index (χ1v) is 20.9. The molecule has 8 rings (SSSR count). The topological polar surface area (TPSA) is 113 Å². The number of anilines is 1. The number of rotatable bonds is 12. The molecule has 6 aromatic carbocycles. The Balaban J connectivity index is 0.928. The second-order valence-corrected chi connectivity index (χ2v) is 16.1. The quantitative estimate of drug-likeness (QED) is 0.0972. The zero-order chi connectivity index (χ0) is 41.5. The number of hydrogen-bond acceptors (Lipinski definition) is 7. The molecular formula is C50H50ClN3O6. The second kappa shape index (κ2) is 18.8. The lowest BCUT2D eigenvalue weighted by Crippen LogP contribution is -2.49. The Morgan fingerprint density at radius 3 is 2.13 bits per heavy atom. The number of benzene rings is 6. The average molecular weight is 824 g/mol. The Labute approximate surface area is 356 Å². The molecule has 2 amide bonds. The van der Waals surface area contributed by atoms with Gasteiger partial charge in [-0.15, -0.1) is 0 Å². The highest BCUT2D eigenvalue weighted by Crippen LogP contribution is 2.43. The van der Waals surface area contributed by atoms with Crippen molar-refractivity contribution in [3.8, 4) is 22.6 Å². The number of likely N-dealkylation sites (tertiary alicyclic amines) is 1. The van der Waals surface area contributed by atoms with Crippen LogP contribution in [0.25, 0.3) is 11.1 Å². The van der Waals surface area contributed by atoms with Gasteiger partial charge in [0.25, 0.3) is 0 Å². The predicted molar refractivity (Wildman–Crippen MR) is 235 cm³/mol. The SMILES string of the molecule is C[C@@H]1[C@H](CN2CCC(O)(c3ccc(Cl)cc3)CC2)O[C@H](c2ccc(-c3ccccc3CNC(=O)Nc3ccc(Oc4ccccc4)cc3)cc2)O[C@@H]1c1ccc(CO)cc1. The number of nitrogens with one attached hydrogen (secondary N) is 2. The number of halogens is 1. The zero-order valence-corrected chi connectivity index (χ0v) is 34.3. The van der Waals surface area contributed by atoms with Crippen LogP contribution in [-0.2, 0) is 28.2 Å². The van der Waals surface area contributed by atoms with E-state index in [-0.39, 0.29) is 30.8 Å². The number of nitrogens with zero attached hydrogens (tertiary/aromatic N) is 1. The van der Waals surface area contributed by atoms with Crippen LogP contribution in [-0.4, -0.2) is 46.9 Å². The second-order valence-electron chi connectivity index (χ2n) is 15.7. The zero-order valence-electron chi connectivity index (χ0n) is 33.5. The predicted octanol–water partition coefficient (Wildman–Crippen LogP) is 10.4. The minimum Gasteiger partial charge on any atom is -0.457 e. The maximum atomic E-state index is 13.0. The van der Waals surface area contributed by atoms with Crippen LogP contribution in [0.1, 0.15) is 60.0 Å². The monoisotopic (exact) mass is 823 g/mol. The summed E-state index contributed by atoms with van der Waals surface area (Å²) in [5.74, 6) is 1.45. The van der Waals surface area contributed by atoms with E-state index in [4.69, 9.17) is 25.8 Å². The third kappa shape index (κ3) is 9.91. The van der Waals surface area contributed by atoms with Crippen LogP contribution in [0.3, 0.4) is 0 Å². The summed E-state index contributed by atoms with van der Waals surface area (Å²) in [6.07, 6.45) is 0.230. The van der Waals surface area contributed by atoms with E-state index >= 15 is 0 Å². The lowest BCUT2D eigenvalue weighted by molar-refractivity contribution is -0.277. The van der Waals surface area contributed by atoms with Crippen molar-refractivity contribution in [3.05, 3.63) is 184 Å². The smallest absolute Gasteiger partial charge is 0.319 e. The van der Waals surface area contributed by atoms with Gasteiger partial charge in [0, 0.05) is 48.4 Å². The van der Waals surface area contributed by atoms with Gasteiger partial charge in [0.05, 0.1) is 24.4 Å². The minimum absolute atomic E-state index is 0.0216. The molecule has 4 atom stereocenters. The van der Waals surface area contributed by atoms with Crippen molar-refractivity contribution in [3.63, 3.8) is 0 Å². The van der Waals surface area contributed by atoms with Crippen LogP contribution in [0.2, 0.25) is 5.02 Å². The van der Waals surface area contributed by atoms with Gasteiger partial charge in [0.1, 0.15) is 11.5 Å². The third-order valence-corrected chi connectivity index (χ3v) is 11.9. The minimum atomic E-state index is -0.891. The Kier molecular flexibility index (Phi) is 12.9. The van der Waals surface area contributed by atoms with Crippen molar-refractivity contribution in [1.82, 2.24) is 10.2 Å². The number of para-hydroxylation sites is 1. The lowest BCUT2D eigenvalue weighted by Gasteiger charge is -2.45. The van der Waals surface area contributed by atoms with E-state index in [9.17, 15) is 15.0 Å². The fourth-order valence-electron chi connectivity index (χ4n) is 8.09. The molecule has 2 aliphatic heterocycles. The summed E-state index contributed by atoms with van der Waals surface area (Å²) in [5.41, 5.74) is 6.43. The van der Waals surface area contributed by atoms with Crippen LogP contribution in [0.4, 0.5) is 10.5 Å². The summed E-state index contributed by atoms with van der Waals surface area (Å²) in [7, 11) is 0. The van der Waals surface area contributed by atoms with Gasteiger partial charge in [0.15, 0.2) is 6.29 Å². The number of piperidine rings is 1. The number of ether oxygens (including phenoxy) is 3. The molecule has 2 aliphatic rings. The van der Waals surface area contributed by atoms with Gasteiger partial charge in [-0.2, -0.15) is 0 Å². The Hall–Kier alpha value is -5.52. The Bertz CT molecular complexity index is 2320. The number of carbonyl (C=O) groups excluding carboxylic acids is 1. The van der Waals surface area contributed by atoms with E-state index in [0.717, 1.165) is 57.8 Å². The molecule has 60 heavy (non-hydrogen) atoms. The molecule has 308 valence electrons. The molecular weight excluding hydrogens is 774 g/mol. The number of aliphatic hydroxyl groups is 2. The fourth-order valence-corrected chi connectivity index (χ4v) is 8.22. The highest BCUT2D eigenvalue weighted by Gasteiger charge is 2.41. The largest absolute Gasteiger partial charge is 0.457 e. The number of aliphatic hydroxyl groups excluding tert-OH is 1. The van der Waals surface area contributed by atoms with Gasteiger partial charge in [-0.25, -0.2) is 4.79 Å². The van der Waals surface area contributed by atoms with E-state index in [0.29, 0.717) is 42.4 Å². The molecule has 0 aliphatic carbocycles. The summed E-state index contributed by atoms with van der Waals surface area (Å²) in [4.78, 5) is 15.3. The van der Waals surface area contributed by atoms with Crippen LogP contribution < -0.4 is 15.4 Å². The first-order valence-electron chi connectivity index (χ1n) is 20.5. The summed E-state index contributed by atoms with van der Waals surface area (Å²) in [6, 6.07) is 48.2. The Morgan fingerprint density at radius 1 is 0.783 bits per heavy atom. The van der Waals surface area contributed by atoms with E-state index in [1.807, 2.05) is 133 Å². The van der Waals surface area contributed by atoms with Gasteiger partial charge >= 0.3 is 6.03 Å². The van der Waals surface area contributed by atoms with E-state index in [1.54, 1.807) is 0 Å². The van der Waals surface area contributed by atoms with Crippen molar-refractivity contribution < 1.29 is 29.2 Å². The van der Waals surface area contributed by atoms with Crippen LogP contribution in [0.5, 0.6) is 11.5 Å². The number of carbonyl (C=O) groups is 1. The molecule has 0 aromatic heterocycles. The summed E-state index contributed by atoms with van der Waals surface area (Å²) < 4.78 is 19.4. The number of urea groups is 1.